The quantitative estimate of drug-likeness (QED) is 0.898. The van der Waals surface area contributed by atoms with Gasteiger partial charge in [-0.1, -0.05) is 13.8 Å². The molecule has 2 aliphatic rings. The monoisotopic (exact) mass is 327 g/mol. The van der Waals surface area contributed by atoms with Crippen molar-refractivity contribution in [2.75, 3.05) is 5.73 Å². The third-order valence-electron chi connectivity index (χ3n) is 4.89. The predicted octanol–water partition coefficient (Wildman–Crippen LogP) is 2.24. The van der Waals surface area contributed by atoms with Crippen molar-refractivity contribution in [3.05, 3.63) is 23.4 Å². The summed E-state index contributed by atoms with van der Waals surface area (Å²) < 4.78 is 7.76. The largest absolute Gasteiger partial charge is 0.474 e. The van der Waals surface area contributed by atoms with E-state index in [4.69, 9.17) is 16.2 Å². The first-order valence-corrected chi connectivity index (χ1v) is 8.31. The molecule has 2 aromatic heterocycles. The van der Waals surface area contributed by atoms with Crippen LogP contribution in [0, 0.1) is 0 Å². The van der Waals surface area contributed by atoms with Crippen LogP contribution in [0.3, 0.4) is 0 Å². The lowest BCUT2D eigenvalue weighted by molar-refractivity contribution is 0.0986. The smallest absolute Gasteiger partial charge is 0.256 e. The van der Waals surface area contributed by atoms with E-state index in [9.17, 15) is 4.79 Å². The number of primary amides is 1. The Balaban J connectivity index is 1.88. The summed E-state index contributed by atoms with van der Waals surface area (Å²) in [7, 11) is 0. The van der Waals surface area contributed by atoms with Gasteiger partial charge < -0.3 is 16.2 Å². The molecule has 0 aromatic carbocycles. The minimum Gasteiger partial charge on any atom is -0.474 e. The van der Waals surface area contributed by atoms with Gasteiger partial charge in [-0.2, -0.15) is 5.10 Å². The van der Waals surface area contributed by atoms with E-state index in [1.54, 1.807) is 4.68 Å². The van der Waals surface area contributed by atoms with E-state index in [0.29, 0.717) is 28.5 Å². The SMILES string of the molecule is CC(C)c1ccc(-c2nn3c(c2C(N)=O)OC2CCC3C2)c(N)n1. The summed E-state index contributed by atoms with van der Waals surface area (Å²) in [5.74, 6) is 0.541. The second-order valence-corrected chi connectivity index (χ2v) is 6.87. The number of ether oxygens (including phenoxy) is 1. The van der Waals surface area contributed by atoms with Crippen LogP contribution in [0.1, 0.15) is 61.1 Å². The number of carbonyl (C=O) groups is 1. The van der Waals surface area contributed by atoms with Crippen LogP contribution in [-0.2, 0) is 0 Å². The summed E-state index contributed by atoms with van der Waals surface area (Å²) in [5, 5.41) is 4.63. The van der Waals surface area contributed by atoms with Gasteiger partial charge in [-0.05, 0) is 30.9 Å². The molecule has 3 heterocycles. The van der Waals surface area contributed by atoms with Gasteiger partial charge in [0.2, 0.25) is 5.88 Å². The number of amides is 1. The minimum atomic E-state index is -0.556. The molecule has 0 radical (unpaired) electrons. The summed E-state index contributed by atoms with van der Waals surface area (Å²) in [6.07, 6.45) is 3.04. The van der Waals surface area contributed by atoms with Crippen molar-refractivity contribution in [2.45, 2.75) is 51.2 Å². The molecule has 1 aliphatic carbocycles. The molecule has 126 valence electrons. The van der Waals surface area contributed by atoms with Crippen molar-refractivity contribution in [3.63, 3.8) is 0 Å². The normalized spacial score (nSPS) is 21.6. The average molecular weight is 327 g/mol. The van der Waals surface area contributed by atoms with Crippen molar-refractivity contribution in [1.29, 1.82) is 0 Å². The Labute approximate surface area is 140 Å². The third-order valence-corrected chi connectivity index (χ3v) is 4.89. The molecule has 1 amide bonds. The number of hydrogen-bond donors (Lipinski definition) is 2. The lowest BCUT2D eigenvalue weighted by Crippen LogP contribution is -2.24. The molecule has 0 spiro atoms. The number of nitrogens with two attached hydrogens (primary N) is 2. The molecule has 7 heteroatoms. The highest BCUT2D eigenvalue weighted by Crippen LogP contribution is 2.44. The number of hydrogen-bond acceptors (Lipinski definition) is 5. The molecule has 0 saturated heterocycles. The Morgan fingerprint density at radius 3 is 2.83 bits per heavy atom. The number of nitrogens with zero attached hydrogens (tertiary/aromatic N) is 3. The van der Waals surface area contributed by atoms with E-state index >= 15 is 0 Å². The van der Waals surface area contributed by atoms with Crippen LogP contribution in [0.4, 0.5) is 5.82 Å². The molecular weight excluding hydrogens is 306 g/mol. The summed E-state index contributed by atoms with van der Waals surface area (Å²) in [4.78, 5) is 16.5. The van der Waals surface area contributed by atoms with Gasteiger partial charge in [-0.25, -0.2) is 9.67 Å². The number of aromatic nitrogens is 3. The average Bonchev–Trinajstić information content (AvgIpc) is 3.10. The molecule has 4 N–H and O–H groups in total. The van der Waals surface area contributed by atoms with E-state index in [1.165, 1.54) is 0 Å². The maximum atomic E-state index is 12.1. The Morgan fingerprint density at radius 1 is 1.38 bits per heavy atom. The number of anilines is 1. The molecule has 1 saturated carbocycles. The second kappa shape index (κ2) is 5.22. The van der Waals surface area contributed by atoms with Gasteiger partial charge >= 0.3 is 0 Å². The van der Waals surface area contributed by atoms with Crippen LogP contribution in [0.25, 0.3) is 11.3 Å². The fraction of sp³-hybridized carbons (Fsp3) is 0.471. The maximum Gasteiger partial charge on any atom is 0.256 e. The Bertz CT molecular complexity index is 827. The van der Waals surface area contributed by atoms with E-state index in [0.717, 1.165) is 25.0 Å². The molecule has 7 nitrogen and oxygen atoms in total. The maximum absolute atomic E-state index is 12.1. The zero-order chi connectivity index (χ0) is 17.0. The molecule has 4 rings (SSSR count). The van der Waals surface area contributed by atoms with Crippen LogP contribution in [0.2, 0.25) is 0 Å². The van der Waals surface area contributed by atoms with Crippen molar-refractivity contribution in [3.8, 4) is 17.1 Å². The summed E-state index contributed by atoms with van der Waals surface area (Å²) in [5.41, 5.74) is 14.1. The molecule has 2 unspecified atom stereocenters. The van der Waals surface area contributed by atoms with Gasteiger partial charge in [0.05, 0.1) is 6.04 Å². The number of pyridine rings is 1. The van der Waals surface area contributed by atoms with Crippen LogP contribution in [0.5, 0.6) is 5.88 Å². The topological polar surface area (TPSA) is 109 Å². The predicted molar refractivity (Wildman–Crippen MR) is 89.8 cm³/mol. The molecule has 1 fully saturated rings. The van der Waals surface area contributed by atoms with Gasteiger partial charge in [0, 0.05) is 17.7 Å². The van der Waals surface area contributed by atoms with Crippen molar-refractivity contribution >= 4 is 11.7 Å². The first-order valence-electron chi connectivity index (χ1n) is 8.31. The highest BCUT2D eigenvalue weighted by atomic mass is 16.5. The van der Waals surface area contributed by atoms with Gasteiger partial charge in [0.1, 0.15) is 23.2 Å². The number of fused-ring (bicyclic) bond motifs is 4. The number of rotatable bonds is 3. The summed E-state index contributed by atoms with van der Waals surface area (Å²) in [6, 6.07) is 4.03. The molecule has 2 atom stereocenters. The van der Waals surface area contributed by atoms with Crippen LogP contribution in [0.15, 0.2) is 12.1 Å². The van der Waals surface area contributed by atoms with Crippen LogP contribution in [-0.4, -0.2) is 26.8 Å². The highest BCUT2D eigenvalue weighted by Gasteiger charge is 2.39. The van der Waals surface area contributed by atoms with Crippen LogP contribution < -0.4 is 16.2 Å². The molecule has 1 aliphatic heterocycles. The summed E-state index contributed by atoms with van der Waals surface area (Å²) >= 11 is 0. The first-order chi connectivity index (χ1) is 11.5. The van der Waals surface area contributed by atoms with E-state index in [1.807, 2.05) is 12.1 Å². The lowest BCUT2D eigenvalue weighted by atomic mass is 10.0. The van der Waals surface area contributed by atoms with E-state index in [-0.39, 0.29) is 18.1 Å². The van der Waals surface area contributed by atoms with Gasteiger partial charge in [0.15, 0.2) is 0 Å². The lowest BCUT2D eigenvalue weighted by Gasteiger charge is -2.22. The molecule has 24 heavy (non-hydrogen) atoms. The summed E-state index contributed by atoms with van der Waals surface area (Å²) in [6.45, 7) is 4.10. The van der Waals surface area contributed by atoms with Crippen molar-refractivity contribution in [2.24, 2.45) is 5.73 Å². The fourth-order valence-corrected chi connectivity index (χ4v) is 3.61. The standard InChI is InChI=1S/C17H21N5O2/c1-8(2)12-6-5-11(15(18)20-12)14-13(16(19)23)17-22(21-14)9-3-4-10(7-9)24-17/h5-6,8-10H,3-4,7H2,1-2H3,(H2,18,20)(H2,19,23). The third kappa shape index (κ3) is 2.15. The Hall–Kier alpha value is -2.57. The zero-order valence-corrected chi connectivity index (χ0v) is 13.8. The van der Waals surface area contributed by atoms with Crippen molar-refractivity contribution < 1.29 is 9.53 Å². The van der Waals surface area contributed by atoms with Crippen molar-refractivity contribution in [1.82, 2.24) is 14.8 Å². The van der Waals surface area contributed by atoms with E-state index in [2.05, 4.69) is 23.9 Å². The highest BCUT2D eigenvalue weighted by molar-refractivity contribution is 6.02. The number of carbonyl (C=O) groups excluding carboxylic acids is 1. The minimum absolute atomic E-state index is 0.143. The van der Waals surface area contributed by atoms with Gasteiger partial charge in [-0.3, -0.25) is 4.79 Å². The van der Waals surface area contributed by atoms with Crippen LogP contribution >= 0.6 is 0 Å². The van der Waals surface area contributed by atoms with E-state index < -0.39 is 5.91 Å². The zero-order valence-electron chi connectivity index (χ0n) is 13.8. The van der Waals surface area contributed by atoms with Gasteiger partial charge in [0.25, 0.3) is 5.91 Å². The Kier molecular flexibility index (Phi) is 3.26. The first kappa shape index (κ1) is 15.0. The molecular formula is C17H21N5O2. The molecule has 2 aromatic rings. The Morgan fingerprint density at radius 2 is 2.17 bits per heavy atom. The second-order valence-electron chi connectivity index (χ2n) is 6.87. The number of nitrogen functional groups attached to an aromatic ring is 1. The molecule has 2 bridgehead atoms. The fourth-order valence-electron chi connectivity index (χ4n) is 3.61. The van der Waals surface area contributed by atoms with Gasteiger partial charge in [-0.15, -0.1) is 0 Å².